The fourth-order valence-electron chi connectivity index (χ4n) is 3.27. The molecule has 0 saturated heterocycles. The average Bonchev–Trinajstić information content (AvgIpc) is 3.10. The highest BCUT2D eigenvalue weighted by Crippen LogP contribution is 2.42. The standard InChI is InChI=1S/C19H16O7/c1-23-12-5-3-4-9-17(22)16-15(24-2)7-13-10(19(16)26-18(9)12)6-14(25-13)11(21)8-20/h3-5,7-8,14,20-21H,6H2,1-2H3/b11-8-/t14-/m1/s1. The van der Waals surface area contributed by atoms with Gasteiger partial charge in [-0.3, -0.25) is 4.79 Å². The summed E-state index contributed by atoms with van der Waals surface area (Å²) in [6.07, 6.45) is 0.0661. The van der Waals surface area contributed by atoms with Crippen molar-refractivity contribution in [2.45, 2.75) is 12.5 Å². The molecule has 0 radical (unpaired) electrons. The number of aliphatic hydroxyl groups is 2. The zero-order valence-electron chi connectivity index (χ0n) is 14.1. The summed E-state index contributed by atoms with van der Waals surface area (Å²) in [6, 6.07) is 6.67. The molecule has 0 amide bonds. The van der Waals surface area contributed by atoms with Gasteiger partial charge in [-0.2, -0.15) is 0 Å². The van der Waals surface area contributed by atoms with Crippen LogP contribution in [-0.2, 0) is 6.42 Å². The summed E-state index contributed by atoms with van der Waals surface area (Å²) in [4.78, 5) is 13.1. The van der Waals surface area contributed by atoms with Crippen LogP contribution in [-0.4, -0.2) is 30.5 Å². The van der Waals surface area contributed by atoms with E-state index in [0.29, 0.717) is 51.0 Å². The molecule has 2 aromatic carbocycles. The number of para-hydroxylation sites is 1. The average molecular weight is 356 g/mol. The van der Waals surface area contributed by atoms with Crippen LogP contribution in [0.2, 0.25) is 0 Å². The van der Waals surface area contributed by atoms with Crippen LogP contribution in [0.25, 0.3) is 21.9 Å². The molecule has 3 aromatic rings. The molecule has 7 heteroatoms. The van der Waals surface area contributed by atoms with Crippen LogP contribution >= 0.6 is 0 Å². The topological polar surface area (TPSA) is 98.4 Å². The van der Waals surface area contributed by atoms with E-state index in [4.69, 9.17) is 23.7 Å². The summed E-state index contributed by atoms with van der Waals surface area (Å²) in [5.41, 5.74) is 1.01. The molecule has 1 aromatic heterocycles. The number of aliphatic hydroxyl groups excluding tert-OH is 2. The molecule has 26 heavy (non-hydrogen) atoms. The molecule has 0 saturated carbocycles. The van der Waals surface area contributed by atoms with Gasteiger partial charge in [-0.25, -0.2) is 0 Å². The highest BCUT2D eigenvalue weighted by molar-refractivity contribution is 5.97. The second kappa shape index (κ2) is 5.87. The van der Waals surface area contributed by atoms with Crippen molar-refractivity contribution in [2.75, 3.05) is 14.2 Å². The summed E-state index contributed by atoms with van der Waals surface area (Å²) in [6.45, 7) is 0. The van der Waals surface area contributed by atoms with Crippen molar-refractivity contribution < 1.29 is 28.8 Å². The smallest absolute Gasteiger partial charge is 0.204 e. The fraction of sp³-hybridized carbons (Fsp3) is 0.211. The van der Waals surface area contributed by atoms with Crippen LogP contribution in [0.15, 0.2) is 45.5 Å². The van der Waals surface area contributed by atoms with Gasteiger partial charge in [-0.15, -0.1) is 0 Å². The largest absolute Gasteiger partial charge is 0.512 e. The van der Waals surface area contributed by atoms with Crippen molar-refractivity contribution in [1.29, 1.82) is 0 Å². The maximum Gasteiger partial charge on any atom is 0.204 e. The van der Waals surface area contributed by atoms with Gasteiger partial charge in [0.2, 0.25) is 5.43 Å². The van der Waals surface area contributed by atoms with E-state index >= 15 is 0 Å². The Bertz CT molecular complexity index is 1110. The molecule has 1 aliphatic rings. The zero-order chi connectivity index (χ0) is 18.4. The van der Waals surface area contributed by atoms with Gasteiger partial charge in [-0.05, 0) is 12.1 Å². The van der Waals surface area contributed by atoms with Crippen LogP contribution in [0.5, 0.6) is 17.2 Å². The number of fused-ring (bicyclic) bond motifs is 4. The van der Waals surface area contributed by atoms with E-state index in [2.05, 4.69) is 0 Å². The first-order valence-corrected chi connectivity index (χ1v) is 7.92. The van der Waals surface area contributed by atoms with E-state index in [1.807, 2.05) is 0 Å². The number of rotatable bonds is 3. The second-order valence-corrected chi connectivity index (χ2v) is 5.89. The Labute approximate surface area is 147 Å². The van der Waals surface area contributed by atoms with Crippen molar-refractivity contribution in [3.63, 3.8) is 0 Å². The maximum absolute atomic E-state index is 13.1. The van der Waals surface area contributed by atoms with Gasteiger partial charge in [0.15, 0.2) is 23.2 Å². The first kappa shape index (κ1) is 16.1. The normalized spacial score (nSPS) is 16.5. The van der Waals surface area contributed by atoms with Gasteiger partial charge in [0.05, 0.1) is 19.6 Å². The minimum absolute atomic E-state index is 0.238. The van der Waals surface area contributed by atoms with Crippen molar-refractivity contribution in [1.82, 2.24) is 0 Å². The predicted molar refractivity (Wildman–Crippen MR) is 94.6 cm³/mol. The molecule has 2 N–H and O–H groups in total. The minimum atomic E-state index is -0.760. The molecule has 4 rings (SSSR count). The summed E-state index contributed by atoms with van der Waals surface area (Å²) < 4.78 is 22.4. The van der Waals surface area contributed by atoms with Gasteiger partial charge in [-0.1, -0.05) is 6.07 Å². The van der Waals surface area contributed by atoms with Gasteiger partial charge < -0.3 is 28.8 Å². The van der Waals surface area contributed by atoms with Gasteiger partial charge in [0, 0.05) is 18.1 Å². The molecule has 0 aliphatic carbocycles. The maximum atomic E-state index is 13.1. The Morgan fingerprint density at radius 3 is 2.69 bits per heavy atom. The Morgan fingerprint density at radius 1 is 1.23 bits per heavy atom. The zero-order valence-corrected chi connectivity index (χ0v) is 14.1. The third-order valence-electron chi connectivity index (χ3n) is 4.52. The molecule has 7 nitrogen and oxygen atoms in total. The number of benzene rings is 2. The molecule has 0 spiro atoms. The molecular weight excluding hydrogens is 340 g/mol. The van der Waals surface area contributed by atoms with Gasteiger partial charge >= 0.3 is 0 Å². The summed E-state index contributed by atoms with van der Waals surface area (Å²) in [7, 11) is 2.95. The highest BCUT2D eigenvalue weighted by atomic mass is 16.5. The van der Waals surface area contributed by atoms with Crippen LogP contribution in [0.1, 0.15) is 5.56 Å². The molecule has 2 heterocycles. The molecule has 0 bridgehead atoms. The number of ether oxygens (including phenoxy) is 3. The van der Waals surface area contributed by atoms with Crippen molar-refractivity contribution in [3.8, 4) is 17.2 Å². The lowest BCUT2D eigenvalue weighted by molar-refractivity contribution is 0.188. The lowest BCUT2D eigenvalue weighted by Crippen LogP contribution is -2.15. The predicted octanol–water partition coefficient (Wildman–Crippen LogP) is 3.22. The second-order valence-electron chi connectivity index (χ2n) is 5.89. The summed E-state index contributed by atoms with van der Waals surface area (Å²) in [5.74, 6) is 0.858. The van der Waals surface area contributed by atoms with Crippen LogP contribution < -0.4 is 19.6 Å². The Morgan fingerprint density at radius 2 is 2.00 bits per heavy atom. The molecule has 134 valence electrons. The Hall–Kier alpha value is -3.35. The third-order valence-corrected chi connectivity index (χ3v) is 4.52. The van der Waals surface area contributed by atoms with Crippen molar-refractivity contribution in [2.24, 2.45) is 0 Å². The highest BCUT2D eigenvalue weighted by Gasteiger charge is 2.32. The van der Waals surface area contributed by atoms with Crippen molar-refractivity contribution >= 4 is 21.9 Å². The quantitative estimate of drug-likeness (QED) is 0.549. The van der Waals surface area contributed by atoms with Crippen LogP contribution in [0.4, 0.5) is 0 Å². The van der Waals surface area contributed by atoms with E-state index in [1.54, 1.807) is 24.3 Å². The molecule has 0 fully saturated rings. The Balaban J connectivity index is 2.10. The number of hydrogen-bond acceptors (Lipinski definition) is 7. The summed E-state index contributed by atoms with van der Waals surface area (Å²) in [5, 5.41) is 19.5. The molecule has 1 aliphatic heterocycles. The van der Waals surface area contributed by atoms with E-state index in [-0.39, 0.29) is 17.6 Å². The lowest BCUT2D eigenvalue weighted by atomic mass is 10.0. The molecule has 0 unspecified atom stereocenters. The minimum Gasteiger partial charge on any atom is -0.512 e. The van der Waals surface area contributed by atoms with E-state index < -0.39 is 6.10 Å². The number of methoxy groups -OCH3 is 2. The third kappa shape index (κ3) is 2.17. The van der Waals surface area contributed by atoms with E-state index in [1.165, 1.54) is 14.2 Å². The van der Waals surface area contributed by atoms with Gasteiger partial charge in [0.1, 0.15) is 28.7 Å². The SMILES string of the molecule is COc1cccc2c(=O)c3c(OC)cc4c(c3oc12)C[C@H](/C(O)=C/O)O4. The first-order valence-electron chi connectivity index (χ1n) is 7.92. The lowest BCUT2D eigenvalue weighted by Gasteiger charge is -2.11. The summed E-state index contributed by atoms with van der Waals surface area (Å²) >= 11 is 0. The van der Waals surface area contributed by atoms with E-state index in [0.717, 1.165) is 0 Å². The Kier molecular flexibility index (Phi) is 3.64. The van der Waals surface area contributed by atoms with E-state index in [9.17, 15) is 9.90 Å². The van der Waals surface area contributed by atoms with Crippen molar-refractivity contribution in [3.05, 3.63) is 52.1 Å². The number of hydrogen-bond donors (Lipinski definition) is 2. The molecule has 1 atom stereocenters. The first-order chi connectivity index (χ1) is 12.6. The van der Waals surface area contributed by atoms with Crippen LogP contribution in [0, 0.1) is 0 Å². The fourth-order valence-corrected chi connectivity index (χ4v) is 3.27. The van der Waals surface area contributed by atoms with Crippen LogP contribution in [0.3, 0.4) is 0 Å². The molecular formula is C19H16O7. The van der Waals surface area contributed by atoms with Gasteiger partial charge in [0.25, 0.3) is 0 Å². The monoisotopic (exact) mass is 356 g/mol.